The molecule has 5 nitrogen and oxygen atoms in total. The number of furan rings is 1. The molecule has 0 unspecified atom stereocenters. The van der Waals surface area contributed by atoms with Gasteiger partial charge in [0.25, 0.3) is 5.91 Å². The Morgan fingerprint density at radius 1 is 1.17 bits per heavy atom. The fraction of sp³-hybridized carbons (Fsp3) is 0.294. The molecule has 122 valence electrons. The first-order valence-corrected chi connectivity index (χ1v) is 7.47. The van der Waals surface area contributed by atoms with Crippen molar-refractivity contribution >= 4 is 17.5 Å². The third kappa shape index (κ3) is 4.95. The Kier molecular flexibility index (Phi) is 5.91. The van der Waals surface area contributed by atoms with E-state index < -0.39 is 0 Å². The van der Waals surface area contributed by atoms with E-state index in [1.165, 1.54) is 36.8 Å². The van der Waals surface area contributed by atoms with Crippen molar-refractivity contribution in [1.29, 1.82) is 0 Å². The summed E-state index contributed by atoms with van der Waals surface area (Å²) in [5.41, 5.74) is 0.997. The molecule has 0 fully saturated rings. The monoisotopic (exact) mass is 318 g/mol. The van der Waals surface area contributed by atoms with E-state index in [0.717, 1.165) is 6.42 Å². The third-order valence-electron chi connectivity index (χ3n) is 3.29. The lowest BCUT2D eigenvalue weighted by Gasteiger charge is -2.21. The normalized spacial score (nSPS) is 10.3. The van der Waals surface area contributed by atoms with Gasteiger partial charge in [-0.1, -0.05) is 6.92 Å². The van der Waals surface area contributed by atoms with Crippen LogP contribution in [0.5, 0.6) is 0 Å². The van der Waals surface area contributed by atoms with Gasteiger partial charge in [-0.15, -0.1) is 0 Å². The van der Waals surface area contributed by atoms with Gasteiger partial charge in [-0.25, -0.2) is 4.39 Å². The molecule has 0 aliphatic rings. The van der Waals surface area contributed by atoms with Gasteiger partial charge < -0.3 is 14.6 Å². The first-order valence-electron chi connectivity index (χ1n) is 7.47. The smallest absolute Gasteiger partial charge is 0.257 e. The van der Waals surface area contributed by atoms with Crippen LogP contribution in [-0.2, 0) is 4.79 Å². The van der Waals surface area contributed by atoms with Crippen molar-refractivity contribution in [3.63, 3.8) is 0 Å². The summed E-state index contributed by atoms with van der Waals surface area (Å²) >= 11 is 0. The Morgan fingerprint density at radius 2 is 1.91 bits per heavy atom. The zero-order valence-electron chi connectivity index (χ0n) is 12.9. The van der Waals surface area contributed by atoms with Crippen LogP contribution in [0.3, 0.4) is 0 Å². The molecule has 0 atom stereocenters. The summed E-state index contributed by atoms with van der Waals surface area (Å²) in [4.78, 5) is 25.9. The Labute approximate surface area is 134 Å². The van der Waals surface area contributed by atoms with Crippen LogP contribution >= 0.6 is 0 Å². The fourth-order valence-corrected chi connectivity index (χ4v) is 2.15. The number of anilines is 1. The molecule has 2 aromatic rings. The van der Waals surface area contributed by atoms with Crippen molar-refractivity contribution in [1.82, 2.24) is 4.90 Å². The number of halogens is 1. The molecule has 0 saturated carbocycles. The highest BCUT2D eigenvalue weighted by Gasteiger charge is 2.17. The van der Waals surface area contributed by atoms with E-state index in [4.69, 9.17) is 4.42 Å². The molecule has 0 saturated heterocycles. The van der Waals surface area contributed by atoms with Crippen LogP contribution in [0.4, 0.5) is 10.1 Å². The van der Waals surface area contributed by atoms with Crippen LogP contribution in [0.2, 0.25) is 0 Å². The summed E-state index contributed by atoms with van der Waals surface area (Å²) in [6.07, 6.45) is 3.80. The number of carbonyl (C=O) groups is 2. The Hall–Kier alpha value is -2.63. The van der Waals surface area contributed by atoms with E-state index in [2.05, 4.69) is 5.32 Å². The first-order chi connectivity index (χ1) is 11.1. The van der Waals surface area contributed by atoms with Crippen LogP contribution in [-0.4, -0.2) is 29.8 Å². The molecule has 6 heteroatoms. The van der Waals surface area contributed by atoms with E-state index in [9.17, 15) is 14.0 Å². The summed E-state index contributed by atoms with van der Waals surface area (Å²) in [5.74, 6) is -0.740. The molecule has 1 aromatic carbocycles. The average molecular weight is 318 g/mol. The van der Waals surface area contributed by atoms with Gasteiger partial charge >= 0.3 is 0 Å². The molecular formula is C17H19FN2O3. The maximum atomic E-state index is 12.8. The van der Waals surface area contributed by atoms with Crippen LogP contribution in [0, 0.1) is 5.82 Å². The van der Waals surface area contributed by atoms with Gasteiger partial charge in [0.2, 0.25) is 5.91 Å². The summed E-state index contributed by atoms with van der Waals surface area (Å²) in [5, 5.41) is 2.68. The van der Waals surface area contributed by atoms with Gasteiger partial charge in [0.15, 0.2) is 0 Å². The largest absolute Gasteiger partial charge is 0.472 e. The molecule has 0 spiro atoms. The molecule has 0 aliphatic heterocycles. The minimum Gasteiger partial charge on any atom is -0.472 e. The Bertz CT molecular complexity index is 638. The standard InChI is InChI=1S/C17H19FN2O3/c1-2-9-20(17(22)13-8-11-23-12-13)10-7-16(21)19-15-5-3-14(18)4-6-15/h3-6,8,11-12H,2,7,9-10H2,1H3,(H,19,21). The number of nitrogens with one attached hydrogen (secondary N) is 1. The number of nitrogens with zero attached hydrogens (tertiary/aromatic N) is 1. The topological polar surface area (TPSA) is 62.6 Å². The highest BCUT2D eigenvalue weighted by Crippen LogP contribution is 2.10. The van der Waals surface area contributed by atoms with Gasteiger partial charge in [-0.05, 0) is 36.8 Å². The van der Waals surface area contributed by atoms with Crippen molar-refractivity contribution in [2.75, 3.05) is 18.4 Å². The quantitative estimate of drug-likeness (QED) is 0.852. The lowest BCUT2D eigenvalue weighted by Crippen LogP contribution is -2.34. The van der Waals surface area contributed by atoms with Crippen LogP contribution in [0.15, 0.2) is 47.3 Å². The molecule has 0 radical (unpaired) electrons. The lowest BCUT2D eigenvalue weighted by molar-refractivity contribution is -0.116. The molecule has 1 heterocycles. The van der Waals surface area contributed by atoms with E-state index >= 15 is 0 Å². The number of hydrogen-bond donors (Lipinski definition) is 1. The number of hydrogen-bond acceptors (Lipinski definition) is 3. The summed E-state index contributed by atoms with van der Waals surface area (Å²) < 4.78 is 17.7. The third-order valence-corrected chi connectivity index (χ3v) is 3.29. The van der Waals surface area contributed by atoms with Gasteiger partial charge in [-0.3, -0.25) is 9.59 Å². The highest BCUT2D eigenvalue weighted by atomic mass is 19.1. The highest BCUT2D eigenvalue weighted by molar-refractivity contribution is 5.95. The average Bonchev–Trinajstić information content (AvgIpc) is 3.07. The predicted octanol–water partition coefficient (Wildman–Crippen LogP) is 3.30. The molecule has 23 heavy (non-hydrogen) atoms. The minimum atomic E-state index is -0.358. The van der Waals surface area contributed by atoms with Gasteiger partial charge in [0.05, 0.1) is 11.8 Å². The number of benzene rings is 1. The summed E-state index contributed by atoms with van der Waals surface area (Å²) in [6, 6.07) is 7.15. The van der Waals surface area contributed by atoms with Crippen LogP contribution in [0.1, 0.15) is 30.1 Å². The molecule has 2 rings (SSSR count). The van der Waals surface area contributed by atoms with E-state index in [0.29, 0.717) is 24.3 Å². The van der Waals surface area contributed by atoms with Crippen LogP contribution < -0.4 is 5.32 Å². The summed E-state index contributed by atoms with van der Waals surface area (Å²) in [7, 11) is 0. The van der Waals surface area contributed by atoms with Crippen molar-refractivity contribution in [3.05, 3.63) is 54.2 Å². The molecule has 0 bridgehead atoms. The minimum absolute atomic E-state index is 0.157. The molecular weight excluding hydrogens is 299 g/mol. The van der Waals surface area contributed by atoms with E-state index in [1.807, 2.05) is 6.92 Å². The lowest BCUT2D eigenvalue weighted by atomic mass is 10.2. The first kappa shape index (κ1) is 16.7. The number of amides is 2. The maximum absolute atomic E-state index is 12.8. The SMILES string of the molecule is CCCN(CCC(=O)Nc1ccc(F)cc1)C(=O)c1ccoc1. The summed E-state index contributed by atoms with van der Waals surface area (Å²) in [6.45, 7) is 2.84. The zero-order valence-corrected chi connectivity index (χ0v) is 12.9. The van der Waals surface area contributed by atoms with Crippen molar-refractivity contribution in [2.24, 2.45) is 0 Å². The second kappa shape index (κ2) is 8.12. The van der Waals surface area contributed by atoms with Crippen molar-refractivity contribution < 1.29 is 18.4 Å². The predicted molar refractivity (Wildman–Crippen MR) is 84.5 cm³/mol. The van der Waals surface area contributed by atoms with Crippen molar-refractivity contribution in [3.8, 4) is 0 Å². The van der Waals surface area contributed by atoms with Gasteiger partial charge in [-0.2, -0.15) is 0 Å². The number of carbonyl (C=O) groups excluding carboxylic acids is 2. The van der Waals surface area contributed by atoms with Crippen molar-refractivity contribution in [2.45, 2.75) is 19.8 Å². The fourth-order valence-electron chi connectivity index (χ4n) is 2.15. The second-order valence-corrected chi connectivity index (χ2v) is 5.11. The Balaban J connectivity index is 1.89. The van der Waals surface area contributed by atoms with E-state index in [1.54, 1.807) is 11.0 Å². The molecule has 1 aromatic heterocycles. The number of rotatable bonds is 7. The van der Waals surface area contributed by atoms with E-state index in [-0.39, 0.29) is 24.1 Å². The van der Waals surface area contributed by atoms with Crippen LogP contribution in [0.25, 0.3) is 0 Å². The van der Waals surface area contributed by atoms with Gasteiger partial charge in [0, 0.05) is 25.2 Å². The zero-order chi connectivity index (χ0) is 16.7. The maximum Gasteiger partial charge on any atom is 0.257 e. The molecule has 1 N–H and O–H groups in total. The molecule has 0 aliphatic carbocycles. The van der Waals surface area contributed by atoms with Gasteiger partial charge in [0.1, 0.15) is 12.1 Å². The molecule has 2 amide bonds. The second-order valence-electron chi connectivity index (χ2n) is 5.11. The Morgan fingerprint density at radius 3 is 2.52 bits per heavy atom.